The van der Waals surface area contributed by atoms with Gasteiger partial charge in [-0.1, -0.05) is 24.3 Å². The van der Waals surface area contributed by atoms with Crippen LogP contribution in [-0.4, -0.2) is 17.9 Å². The molecule has 0 saturated heterocycles. The summed E-state index contributed by atoms with van der Waals surface area (Å²) in [5, 5.41) is 2.71. The van der Waals surface area contributed by atoms with Gasteiger partial charge >= 0.3 is 6.18 Å². The Balaban J connectivity index is 1.73. The maximum absolute atomic E-state index is 13.1. The topological polar surface area (TPSA) is 72.2 Å². The highest BCUT2D eigenvalue weighted by Crippen LogP contribution is 2.46. The summed E-state index contributed by atoms with van der Waals surface area (Å²) in [6.45, 7) is 0. The van der Waals surface area contributed by atoms with Gasteiger partial charge in [-0.15, -0.1) is 0 Å². The normalized spacial score (nSPS) is 19.3. The molecule has 2 aromatic carbocycles. The van der Waals surface area contributed by atoms with Crippen molar-refractivity contribution in [3.05, 3.63) is 70.8 Å². The van der Waals surface area contributed by atoms with E-state index in [1.165, 1.54) is 36.4 Å². The number of carbonyl (C=O) groups is 2. The van der Waals surface area contributed by atoms with Gasteiger partial charge in [-0.2, -0.15) is 13.2 Å². The molecule has 3 rings (SSSR count). The largest absolute Gasteiger partial charge is 0.416 e. The molecule has 7 heteroatoms. The number of benzene rings is 2. The van der Waals surface area contributed by atoms with Gasteiger partial charge in [-0.25, -0.2) is 0 Å². The summed E-state index contributed by atoms with van der Waals surface area (Å²) in [7, 11) is 0. The van der Waals surface area contributed by atoms with Crippen LogP contribution in [0.5, 0.6) is 0 Å². The zero-order valence-corrected chi connectivity index (χ0v) is 13.0. The van der Waals surface area contributed by atoms with Crippen molar-refractivity contribution in [2.75, 3.05) is 0 Å². The number of nitrogens with one attached hydrogen (secondary N) is 1. The molecule has 0 spiro atoms. The van der Waals surface area contributed by atoms with E-state index in [0.29, 0.717) is 6.42 Å². The molecule has 1 saturated carbocycles. The molecule has 130 valence electrons. The van der Waals surface area contributed by atoms with E-state index in [0.717, 1.165) is 6.07 Å². The standard InChI is InChI=1S/C18H15F3N2O2/c19-18(20,21)14-7-2-1-6-12(14)13-9-15(13)23-17(25)11-5-3-4-10(8-11)16(22)24/h1-8,13,15H,9H2,(H2,22,24)(H,23,25)/t13-,15+/m0/s1. The summed E-state index contributed by atoms with van der Waals surface area (Å²) in [6.07, 6.45) is -3.99. The van der Waals surface area contributed by atoms with Crippen molar-refractivity contribution in [2.45, 2.75) is 24.6 Å². The van der Waals surface area contributed by atoms with Gasteiger partial charge in [0, 0.05) is 23.1 Å². The van der Waals surface area contributed by atoms with E-state index in [4.69, 9.17) is 5.73 Å². The smallest absolute Gasteiger partial charge is 0.366 e. The van der Waals surface area contributed by atoms with Crippen LogP contribution < -0.4 is 11.1 Å². The van der Waals surface area contributed by atoms with Crippen molar-refractivity contribution >= 4 is 11.8 Å². The minimum atomic E-state index is -4.43. The van der Waals surface area contributed by atoms with Gasteiger partial charge in [0.15, 0.2) is 0 Å². The lowest BCUT2D eigenvalue weighted by Gasteiger charge is -2.12. The highest BCUT2D eigenvalue weighted by Gasteiger charge is 2.44. The molecule has 25 heavy (non-hydrogen) atoms. The average molecular weight is 348 g/mol. The first-order valence-corrected chi connectivity index (χ1v) is 7.64. The predicted molar refractivity (Wildman–Crippen MR) is 85.0 cm³/mol. The second-order valence-corrected chi connectivity index (χ2v) is 5.95. The SMILES string of the molecule is NC(=O)c1cccc(C(=O)N[C@@H]2C[C@H]2c2ccccc2C(F)(F)F)c1. The predicted octanol–water partition coefficient (Wildman–Crippen LogP) is 3.09. The van der Waals surface area contributed by atoms with Crippen molar-refractivity contribution < 1.29 is 22.8 Å². The van der Waals surface area contributed by atoms with E-state index >= 15 is 0 Å². The van der Waals surface area contributed by atoms with Gasteiger partial charge < -0.3 is 11.1 Å². The highest BCUT2D eigenvalue weighted by molar-refractivity contribution is 5.99. The monoisotopic (exact) mass is 348 g/mol. The lowest BCUT2D eigenvalue weighted by atomic mass is 10.0. The Hall–Kier alpha value is -2.83. The molecule has 0 unspecified atom stereocenters. The summed E-state index contributed by atoms with van der Waals surface area (Å²) in [6, 6.07) is 10.9. The molecule has 3 N–H and O–H groups in total. The van der Waals surface area contributed by atoms with Crippen molar-refractivity contribution in [1.82, 2.24) is 5.32 Å². The van der Waals surface area contributed by atoms with E-state index in [1.54, 1.807) is 6.07 Å². The number of hydrogen-bond donors (Lipinski definition) is 2. The molecule has 0 aliphatic heterocycles. The minimum Gasteiger partial charge on any atom is -0.366 e. The molecule has 0 radical (unpaired) electrons. The molecule has 1 aliphatic rings. The molecule has 0 heterocycles. The van der Waals surface area contributed by atoms with Gasteiger partial charge in [0.25, 0.3) is 5.91 Å². The Kier molecular flexibility index (Phi) is 4.24. The zero-order valence-electron chi connectivity index (χ0n) is 13.0. The third-order valence-electron chi connectivity index (χ3n) is 4.18. The van der Waals surface area contributed by atoms with Crippen molar-refractivity contribution in [1.29, 1.82) is 0 Å². The van der Waals surface area contributed by atoms with E-state index in [-0.39, 0.29) is 28.7 Å². The van der Waals surface area contributed by atoms with E-state index < -0.39 is 23.6 Å². The molecule has 4 nitrogen and oxygen atoms in total. The zero-order chi connectivity index (χ0) is 18.2. The van der Waals surface area contributed by atoms with Crippen molar-refractivity contribution in [2.24, 2.45) is 5.73 Å². The molecular formula is C18H15F3N2O2. The van der Waals surface area contributed by atoms with Gasteiger partial charge in [-0.05, 0) is 36.2 Å². The van der Waals surface area contributed by atoms with Crippen LogP contribution in [0.15, 0.2) is 48.5 Å². The number of rotatable bonds is 4. The minimum absolute atomic E-state index is 0.186. The second kappa shape index (κ2) is 6.23. The molecular weight excluding hydrogens is 333 g/mol. The lowest BCUT2D eigenvalue weighted by Crippen LogP contribution is -2.27. The highest BCUT2D eigenvalue weighted by atomic mass is 19.4. The molecule has 2 amide bonds. The molecule has 0 bridgehead atoms. The summed E-state index contributed by atoms with van der Waals surface area (Å²) < 4.78 is 39.2. The molecule has 0 aromatic heterocycles. The van der Waals surface area contributed by atoms with Crippen LogP contribution in [0.3, 0.4) is 0 Å². The van der Waals surface area contributed by atoms with E-state index in [1.807, 2.05) is 0 Å². The molecule has 1 fully saturated rings. The van der Waals surface area contributed by atoms with Crippen LogP contribution in [0.25, 0.3) is 0 Å². The van der Waals surface area contributed by atoms with Crippen LogP contribution in [0.4, 0.5) is 13.2 Å². The Morgan fingerprint density at radius 3 is 2.40 bits per heavy atom. The maximum atomic E-state index is 13.1. The van der Waals surface area contributed by atoms with Crippen LogP contribution in [-0.2, 0) is 6.18 Å². The van der Waals surface area contributed by atoms with Gasteiger partial charge in [0.2, 0.25) is 5.91 Å². The average Bonchev–Trinajstić information content (AvgIpc) is 3.33. The molecule has 2 atom stereocenters. The van der Waals surface area contributed by atoms with Crippen LogP contribution >= 0.6 is 0 Å². The van der Waals surface area contributed by atoms with E-state index in [9.17, 15) is 22.8 Å². The third kappa shape index (κ3) is 3.65. The number of amides is 2. The van der Waals surface area contributed by atoms with Crippen molar-refractivity contribution in [3.63, 3.8) is 0 Å². The number of primary amides is 1. The quantitative estimate of drug-likeness (QED) is 0.891. The van der Waals surface area contributed by atoms with Gasteiger partial charge in [0.05, 0.1) is 5.56 Å². The van der Waals surface area contributed by atoms with E-state index in [2.05, 4.69) is 5.32 Å². The number of hydrogen-bond acceptors (Lipinski definition) is 2. The first-order chi connectivity index (χ1) is 11.8. The first-order valence-electron chi connectivity index (χ1n) is 7.64. The summed E-state index contributed by atoms with van der Waals surface area (Å²) >= 11 is 0. The second-order valence-electron chi connectivity index (χ2n) is 5.95. The summed E-state index contributed by atoms with van der Waals surface area (Å²) in [5.41, 5.74) is 5.13. The van der Waals surface area contributed by atoms with Crippen LogP contribution in [0.2, 0.25) is 0 Å². The Labute approximate surface area is 141 Å². The molecule has 1 aliphatic carbocycles. The fourth-order valence-corrected chi connectivity index (χ4v) is 2.84. The lowest BCUT2D eigenvalue weighted by molar-refractivity contribution is -0.138. The Bertz CT molecular complexity index is 833. The third-order valence-corrected chi connectivity index (χ3v) is 4.18. The Morgan fingerprint density at radius 1 is 1.04 bits per heavy atom. The van der Waals surface area contributed by atoms with Gasteiger partial charge in [-0.3, -0.25) is 9.59 Å². The van der Waals surface area contributed by atoms with Gasteiger partial charge in [0.1, 0.15) is 0 Å². The number of nitrogens with two attached hydrogens (primary N) is 1. The Morgan fingerprint density at radius 2 is 1.72 bits per heavy atom. The van der Waals surface area contributed by atoms with Crippen LogP contribution in [0, 0.1) is 0 Å². The fraction of sp³-hybridized carbons (Fsp3) is 0.222. The summed E-state index contributed by atoms with van der Waals surface area (Å²) in [4.78, 5) is 23.4. The molecule has 2 aromatic rings. The maximum Gasteiger partial charge on any atom is 0.416 e. The van der Waals surface area contributed by atoms with Crippen LogP contribution in [0.1, 0.15) is 44.2 Å². The first kappa shape index (κ1) is 17.0. The fourth-order valence-electron chi connectivity index (χ4n) is 2.84. The summed E-state index contributed by atoms with van der Waals surface area (Å²) in [5.74, 6) is -1.47. The van der Waals surface area contributed by atoms with Crippen molar-refractivity contribution in [3.8, 4) is 0 Å². The number of alkyl halides is 3. The number of halogens is 3. The number of carbonyl (C=O) groups excluding carboxylic acids is 2.